The first-order valence-electron chi connectivity index (χ1n) is 9.75. The van der Waals surface area contributed by atoms with Crippen LogP contribution in [0.1, 0.15) is 11.1 Å². The van der Waals surface area contributed by atoms with Crippen LogP contribution < -0.4 is 0 Å². The van der Waals surface area contributed by atoms with Gasteiger partial charge in [0.15, 0.2) is 0 Å². The van der Waals surface area contributed by atoms with Gasteiger partial charge in [-0.15, -0.1) is 0 Å². The molecule has 0 bridgehead atoms. The lowest BCUT2D eigenvalue weighted by atomic mass is 9.91. The summed E-state index contributed by atoms with van der Waals surface area (Å²) in [5.74, 6) is -0.0247. The van der Waals surface area contributed by atoms with Crippen molar-refractivity contribution in [1.29, 1.82) is 0 Å². The number of aromatic amines is 1. The number of H-pyrrole nitrogens is 1. The van der Waals surface area contributed by atoms with E-state index in [-0.39, 0.29) is 27.7 Å². The number of benzene rings is 3. The molecule has 0 amide bonds. The van der Waals surface area contributed by atoms with Gasteiger partial charge in [-0.05, 0) is 41.1 Å². The van der Waals surface area contributed by atoms with Crippen LogP contribution in [0.15, 0.2) is 72.9 Å². The second kappa shape index (κ2) is 7.33. The van der Waals surface area contributed by atoms with Gasteiger partial charge in [0.25, 0.3) is 0 Å². The van der Waals surface area contributed by atoms with Gasteiger partial charge in [0.2, 0.25) is 0 Å². The molecule has 3 aromatic carbocycles. The highest BCUT2D eigenvalue weighted by Gasteiger charge is 2.39. The van der Waals surface area contributed by atoms with Gasteiger partial charge in [0.05, 0.1) is 27.9 Å². The number of fused-ring (bicyclic) bond motifs is 2. The molecule has 0 radical (unpaired) electrons. The summed E-state index contributed by atoms with van der Waals surface area (Å²) in [5, 5.41) is 0.310. The Labute approximate surface area is 182 Å². The fraction of sp³-hybridized carbons (Fsp3) is 0.0833. The molecule has 0 saturated carbocycles. The summed E-state index contributed by atoms with van der Waals surface area (Å²) < 4.78 is 83.8. The smallest absolute Gasteiger partial charge is 0.338 e. The molecular formula is C24H13F6N3. The fourth-order valence-corrected chi connectivity index (χ4v) is 3.97. The Morgan fingerprint density at radius 1 is 0.697 bits per heavy atom. The first kappa shape index (κ1) is 21.0. The van der Waals surface area contributed by atoms with Gasteiger partial charge in [0, 0.05) is 17.3 Å². The molecule has 5 rings (SSSR count). The number of pyridine rings is 1. The average molecular weight is 457 g/mol. The number of hydrogen-bond donors (Lipinski definition) is 1. The molecule has 5 aromatic rings. The summed E-state index contributed by atoms with van der Waals surface area (Å²) in [4.78, 5) is 11.0. The van der Waals surface area contributed by atoms with Crippen LogP contribution in [0.25, 0.3) is 44.5 Å². The zero-order chi connectivity index (χ0) is 23.4. The number of halogens is 6. The number of rotatable bonds is 2. The monoisotopic (exact) mass is 457 g/mol. The van der Waals surface area contributed by atoms with Crippen LogP contribution in [-0.4, -0.2) is 15.0 Å². The van der Waals surface area contributed by atoms with Gasteiger partial charge < -0.3 is 4.98 Å². The standard InChI is InChI=1S/C24H13F6N3/c25-23(26,27)16-8-5-11-31-21(16)15-12-17(24(28,29)30)20(14-7-2-1-6-13(14)15)22-32-18-9-3-4-10-19(18)33-22/h1-12H,(H,32,33). The molecule has 9 heteroatoms. The van der Waals surface area contributed by atoms with Crippen LogP contribution in [0.3, 0.4) is 0 Å². The van der Waals surface area contributed by atoms with E-state index in [4.69, 9.17) is 0 Å². The number of hydrogen-bond acceptors (Lipinski definition) is 2. The van der Waals surface area contributed by atoms with E-state index in [2.05, 4.69) is 15.0 Å². The van der Waals surface area contributed by atoms with E-state index in [1.165, 1.54) is 18.2 Å². The zero-order valence-electron chi connectivity index (χ0n) is 16.6. The van der Waals surface area contributed by atoms with Gasteiger partial charge in [-0.3, -0.25) is 4.98 Å². The summed E-state index contributed by atoms with van der Waals surface area (Å²) in [7, 11) is 0. The topological polar surface area (TPSA) is 41.6 Å². The van der Waals surface area contributed by atoms with Gasteiger partial charge in [0.1, 0.15) is 5.82 Å². The molecule has 0 aliphatic carbocycles. The molecule has 0 aliphatic rings. The van der Waals surface area contributed by atoms with Gasteiger partial charge in [-0.1, -0.05) is 36.4 Å². The molecule has 1 N–H and O–H groups in total. The third-order valence-corrected chi connectivity index (χ3v) is 5.34. The van der Waals surface area contributed by atoms with E-state index in [0.717, 1.165) is 24.4 Å². The van der Waals surface area contributed by atoms with Crippen molar-refractivity contribution in [2.24, 2.45) is 0 Å². The SMILES string of the molecule is FC(F)(F)c1cccnc1-c1cc(C(F)(F)F)c(-c2nc3ccccc3[nH]2)c2ccccc12. The lowest BCUT2D eigenvalue weighted by Gasteiger charge is -2.19. The van der Waals surface area contributed by atoms with E-state index in [9.17, 15) is 26.3 Å². The van der Waals surface area contributed by atoms with Crippen molar-refractivity contribution in [1.82, 2.24) is 15.0 Å². The number of imidazole rings is 1. The Bertz CT molecular complexity index is 1470. The summed E-state index contributed by atoms with van der Waals surface area (Å²) in [6, 6.07) is 15.4. The molecule has 2 heterocycles. The van der Waals surface area contributed by atoms with Gasteiger partial charge >= 0.3 is 12.4 Å². The first-order valence-corrected chi connectivity index (χ1v) is 9.75. The van der Waals surface area contributed by atoms with Gasteiger partial charge in [-0.25, -0.2) is 4.98 Å². The average Bonchev–Trinajstić information content (AvgIpc) is 3.20. The zero-order valence-corrected chi connectivity index (χ0v) is 16.6. The van der Waals surface area contributed by atoms with Crippen molar-refractivity contribution in [3.8, 4) is 22.6 Å². The van der Waals surface area contributed by atoms with E-state index < -0.39 is 29.2 Å². The number of nitrogens with one attached hydrogen (secondary N) is 1. The van der Waals surface area contributed by atoms with E-state index >= 15 is 0 Å². The quantitative estimate of drug-likeness (QED) is 0.279. The normalized spacial score (nSPS) is 12.5. The number of nitrogens with zero attached hydrogens (tertiary/aromatic N) is 2. The van der Waals surface area contributed by atoms with Crippen molar-refractivity contribution in [2.45, 2.75) is 12.4 Å². The van der Waals surface area contributed by atoms with Crippen molar-refractivity contribution >= 4 is 21.8 Å². The molecule has 3 nitrogen and oxygen atoms in total. The van der Waals surface area contributed by atoms with Crippen molar-refractivity contribution < 1.29 is 26.3 Å². The van der Waals surface area contributed by atoms with Crippen LogP contribution in [0.2, 0.25) is 0 Å². The lowest BCUT2D eigenvalue weighted by molar-refractivity contribution is -0.137. The molecule has 0 atom stereocenters. The molecule has 33 heavy (non-hydrogen) atoms. The predicted molar refractivity (Wildman–Crippen MR) is 112 cm³/mol. The minimum atomic E-state index is -4.86. The second-order valence-corrected chi connectivity index (χ2v) is 7.39. The number of alkyl halides is 6. The molecule has 0 unspecified atom stereocenters. The molecule has 166 valence electrons. The predicted octanol–water partition coefficient (Wildman–Crippen LogP) is 7.48. The molecule has 2 aromatic heterocycles. The second-order valence-electron chi connectivity index (χ2n) is 7.39. The van der Waals surface area contributed by atoms with Crippen LogP contribution in [0.5, 0.6) is 0 Å². The maximum absolute atomic E-state index is 14.3. The maximum atomic E-state index is 14.3. The van der Waals surface area contributed by atoms with Gasteiger partial charge in [-0.2, -0.15) is 26.3 Å². The van der Waals surface area contributed by atoms with Crippen LogP contribution >= 0.6 is 0 Å². The van der Waals surface area contributed by atoms with Crippen molar-refractivity contribution in [3.05, 3.63) is 84.1 Å². The third-order valence-electron chi connectivity index (χ3n) is 5.34. The van der Waals surface area contributed by atoms with Crippen LogP contribution in [0.4, 0.5) is 26.3 Å². The van der Waals surface area contributed by atoms with E-state index in [0.29, 0.717) is 11.0 Å². The van der Waals surface area contributed by atoms with Crippen LogP contribution in [0, 0.1) is 0 Å². The maximum Gasteiger partial charge on any atom is 0.418 e. The Morgan fingerprint density at radius 2 is 1.36 bits per heavy atom. The summed E-state index contributed by atoms with van der Waals surface area (Å²) in [5.41, 5.74) is -2.26. The molecule has 0 spiro atoms. The van der Waals surface area contributed by atoms with E-state index in [1.54, 1.807) is 30.3 Å². The number of para-hydroxylation sites is 2. The fourth-order valence-electron chi connectivity index (χ4n) is 3.97. The number of aromatic nitrogens is 3. The summed E-state index contributed by atoms with van der Waals surface area (Å²) in [6.45, 7) is 0. The largest absolute Gasteiger partial charge is 0.418 e. The van der Waals surface area contributed by atoms with E-state index in [1.807, 2.05) is 0 Å². The Morgan fingerprint density at radius 3 is 2.06 bits per heavy atom. The Balaban J connectivity index is 1.91. The Hall–Kier alpha value is -3.88. The third kappa shape index (κ3) is 3.59. The van der Waals surface area contributed by atoms with Crippen molar-refractivity contribution in [2.75, 3.05) is 0 Å². The highest BCUT2D eigenvalue weighted by atomic mass is 19.4. The van der Waals surface area contributed by atoms with Crippen molar-refractivity contribution in [3.63, 3.8) is 0 Å². The minimum absolute atomic E-state index is 0.0247. The highest BCUT2D eigenvalue weighted by Crippen LogP contribution is 2.46. The minimum Gasteiger partial charge on any atom is -0.338 e. The summed E-state index contributed by atoms with van der Waals surface area (Å²) in [6.07, 6.45) is -8.53. The highest BCUT2D eigenvalue weighted by molar-refractivity contribution is 6.06. The first-order chi connectivity index (χ1) is 15.6. The molecular weight excluding hydrogens is 444 g/mol. The molecule has 0 saturated heterocycles. The summed E-state index contributed by atoms with van der Waals surface area (Å²) >= 11 is 0. The lowest BCUT2D eigenvalue weighted by Crippen LogP contribution is -2.11. The van der Waals surface area contributed by atoms with Crippen LogP contribution in [-0.2, 0) is 12.4 Å². The molecule has 0 fully saturated rings. The molecule has 0 aliphatic heterocycles. The Kier molecular flexibility index (Phi) is 4.66.